The van der Waals surface area contributed by atoms with Crippen molar-refractivity contribution in [3.63, 3.8) is 0 Å². The average molecular weight is 417 g/mol. The Morgan fingerprint density at radius 2 is 1.67 bits per heavy atom. The van der Waals surface area contributed by atoms with Crippen LogP contribution in [0, 0.1) is 5.82 Å². The van der Waals surface area contributed by atoms with E-state index < -0.39 is 15.8 Å². The Balaban J connectivity index is 0.00000261. The molecule has 0 heterocycles. The molecule has 3 rings (SSSR count). The summed E-state index contributed by atoms with van der Waals surface area (Å²) >= 11 is 5.91. The summed E-state index contributed by atoms with van der Waals surface area (Å²) in [5.74, 6) is -0.443. The number of halogens is 2. The molecule has 4 nitrogen and oxygen atoms in total. The number of methoxy groups -OCH3 is 1. The Bertz CT molecular complexity index is 989. The molecule has 2 aromatic carbocycles. The molecule has 0 spiro atoms. The van der Waals surface area contributed by atoms with Gasteiger partial charge < -0.3 is 4.74 Å². The van der Waals surface area contributed by atoms with E-state index in [0.717, 1.165) is 47.9 Å². The van der Waals surface area contributed by atoms with Crippen molar-refractivity contribution in [2.75, 3.05) is 7.11 Å². The van der Waals surface area contributed by atoms with Crippen LogP contribution in [0.4, 0.5) is 4.39 Å². The monoisotopic (exact) mass is 416 g/mol. The van der Waals surface area contributed by atoms with E-state index in [4.69, 9.17) is 11.6 Å². The van der Waals surface area contributed by atoms with Crippen LogP contribution in [0.2, 0.25) is 5.02 Å². The Hall–Kier alpha value is -1.18. The molecule has 0 saturated carbocycles. The van der Waals surface area contributed by atoms with Gasteiger partial charge in [0.15, 0.2) is 6.40 Å². The number of rotatable bonds is 5. The maximum Gasteiger partial charge on any atom is 1.00 e. The van der Waals surface area contributed by atoms with Gasteiger partial charge in [-0.3, -0.25) is 0 Å². The van der Waals surface area contributed by atoms with Gasteiger partial charge in [-0.25, -0.2) is 4.39 Å². The summed E-state index contributed by atoms with van der Waals surface area (Å²) in [5, 5.41) is 0.0960. The van der Waals surface area contributed by atoms with Crippen molar-refractivity contribution in [3.8, 4) is 0 Å². The molecule has 8 heteroatoms. The van der Waals surface area contributed by atoms with Crippen LogP contribution in [-0.2, 0) is 14.8 Å². The van der Waals surface area contributed by atoms with Gasteiger partial charge in [-0.05, 0) is 65.8 Å². The predicted molar refractivity (Wildman–Crippen MR) is 101 cm³/mol. The molecule has 0 aliphatic heterocycles. The number of nitrogens with zero attached hydrogens (tertiary/aromatic N) is 1. The SMILES string of the molecule is COC=NS(=O)(=O)c1ccc(C2=C(c3ccc(F)c(Cl)c3)CCC2)cc1.[Na+]. The van der Waals surface area contributed by atoms with E-state index in [1.165, 1.54) is 25.3 Å². The minimum Gasteiger partial charge on any atom is -0.486 e. The van der Waals surface area contributed by atoms with Crippen LogP contribution in [-0.4, -0.2) is 21.9 Å². The van der Waals surface area contributed by atoms with E-state index in [0.29, 0.717) is 0 Å². The molecule has 136 valence electrons. The molecule has 0 bridgehead atoms. The number of hydrogen-bond acceptors (Lipinski definition) is 3. The third-order valence-corrected chi connectivity index (χ3v) is 5.79. The Morgan fingerprint density at radius 1 is 1.07 bits per heavy atom. The molecule has 0 fully saturated rings. The van der Waals surface area contributed by atoms with Crippen LogP contribution in [0.3, 0.4) is 0 Å². The van der Waals surface area contributed by atoms with Gasteiger partial charge in [-0.15, -0.1) is 4.40 Å². The van der Waals surface area contributed by atoms with Crippen molar-refractivity contribution in [1.29, 1.82) is 0 Å². The molecule has 1 aliphatic rings. The summed E-state index contributed by atoms with van der Waals surface area (Å²) in [4.78, 5) is 0.0968. The van der Waals surface area contributed by atoms with Crippen molar-refractivity contribution >= 4 is 39.2 Å². The summed E-state index contributed by atoms with van der Waals surface area (Å²) in [6.45, 7) is 0. The fraction of sp³-hybridized carbons (Fsp3) is 0.211. The van der Waals surface area contributed by atoms with E-state index in [1.807, 2.05) is 0 Å². The first-order valence-electron chi connectivity index (χ1n) is 8.02. The van der Waals surface area contributed by atoms with Gasteiger partial charge in [0.2, 0.25) is 0 Å². The largest absolute Gasteiger partial charge is 1.00 e. The summed E-state index contributed by atoms with van der Waals surface area (Å²) in [7, 11) is -2.44. The smallest absolute Gasteiger partial charge is 0.486 e. The maximum atomic E-state index is 13.4. The average Bonchev–Trinajstić information content (AvgIpc) is 3.12. The van der Waals surface area contributed by atoms with Crippen molar-refractivity contribution in [1.82, 2.24) is 0 Å². The molecule has 2 aromatic rings. The number of sulfonamides is 1. The minimum atomic E-state index is -3.77. The van der Waals surface area contributed by atoms with Crippen LogP contribution in [0.5, 0.6) is 0 Å². The van der Waals surface area contributed by atoms with Crippen LogP contribution < -0.4 is 29.6 Å². The molecule has 1 aliphatic carbocycles. The summed E-state index contributed by atoms with van der Waals surface area (Å²) < 4.78 is 45.5. The fourth-order valence-electron chi connectivity index (χ4n) is 3.05. The second-order valence-corrected chi connectivity index (χ2v) is 7.93. The first-order valence-corrected chi connectivity index (χ1v) is 9.83. The van der Waals surface area contributed by atoms with Crippen molar-refractivity contribution in [2.24, 2.45) is 4.40 Å². The Labute approximate surface area is 185 Å². The van der Waals surface area contributed by atoms with Gasteiger partial charge in [-0.2, -0.15) is 8.42 Å². The van der Waals surface area contributed by atoms with Gasteiger partial charge >= 0.3 is 29.6 Å². The molecule has 0 radical (unpaired) electrons. The summed E-state index contributed by atoms with van der Waals surface area (Å²) in [6.07, 6.45) is 3.62. The van der Waals surface area contributed by atoms with Crippen molar-refractivity contribution in [3.05, 3.63) is 64.4 Å². The molecule has 0 unspecified atom stereocenters. The van der Waals surface area contributed by atoms with Gasteiger partial charge in [0, 0.05) is 0 Å². The van der Waals surface area contributed by atoms with E-state index in [1.54, 1.807) is 24.3 Å². The minimum absolute atomic E-state index is 0. The zero-order valence-corrected chi connectivity index (χ0v) is 18.6. The van der Waals surface area contributed by atoms with E-state index in [9.17, 15) is 12.8 Å². The normalized spacial score (nSPS) is 14.5. The summed E-state index contributed by atoms with van der Waals surface area (Å²) in [5.41, 5.74) is 4.06. The molecule has 27 heavy (non-hydrogen) atoms. The third-order valence-electron chi connectivity index (χ3n) is 4.27. The van der Waals surface area contributed by atoms with Gasteiger partial charge in [0.1, 0.15) is 5.82 Å². The standard InChI is InChI=1S/C19H17ClFNO3S.Na/c1-25-12-22-26(23,24)15-8-5-13(6-9-15)16-3-2-4-17(16)14-7-10-19(21)18(20)11-14;/h5-12H,2-4H2,1H3;/q;+1. The first kappa shape index (κ1) is 22.1. The van der Waals surface area contributed by atoms with E-state index >= 15 is 0 Å². The van der Waals surface area contributed by atoms with Gasteiger partial charge in [0.05, 0.1) is 17.0 Å². The molecule has 0 saturated heterocycles. The topological polar surface area (TPSA) is 55.7 Å². The molecule has 0 aromatic heterocycles. The molecule has 0 N–H and O–H groups in total. The van der Waals surface area contributed by atoms with Crippen LogP contribution >= 0.6 is 11.6 Å². The zero-order chi connectivity index (χ0) is 18.7. The summed E-state index contributed by atoms with van der Waals surface area (Å²) in [6, 6.07) is 11.3. The van der Waals surface area contributed by atoms with Crippen LogP contribution in [0.25, 0.3) is 11.1 Å². The van der Waals surface area contributed by atoms with Crippen molar-refractivity contribution in [2.45, 2.75) is 24.2 Å². The third kappa shape index (κ3) is 5.00. The number of benzene rings is 2. The molecular formula is C19H17ClFNNaO3S+. The first-order chi connectivity index (χ1) is 12.4. The fourth-order valence-corrected chi connectivity index (χ4v) is 4.03. The van der Waals surface area contributed by atoms with E-state index in [2.05, 4.69) is 9.13 Å². The predicted octanol–water partition coefficient (Wildman–Crippen LogP) is 1.94. The molecule has 0 amide bonds. The number of ether oxygens (including phenoxy) is 1. The Kier molecular flexibility index (Phi) is 7.65. The van der Waals surface area contributed by atoms with Crippen molar-refractivity contribution < 1.29 is 47.1 Å². The number of hydrogen-bond donors (Lipinski definition) is 0. The quantitative estimate of drug-likeness (QED) is 0.425. The Morgan fingerprint density at radius 3 is 2.26 bits per heavy atom. The molecular weight excluding hydrogens is 400 g/mol. The van der Waals surface area contributed by atoms with E-state index in [-0.39, 0.29) is 39.5 Å². The second-order valence-electron chi connectivity index (χ2n) is 5.89. The second kappa shape index (κ2) is 9.34. The molecule has 0 atom stereocenters. The van der Waals surface area contributed by atoms with Gasteiger partial charge in [-0.1, -0.05) is 29.8 Å². The maximum absolute atomic E-state index is 13.4. The van der Waals surface area contributed by atoms with Crippen LogP contribution in [0.1, 0.15) is 30.4 Å². The zero-order valence-electron chi connectivity index (χ0n) is 15.1. The van der Waals surface area contributed by atoms with Gasteiger partial charge in [0.25, 0.3) is 10.0 Å². The number of allylic oxidation sites excluding steroid dienone is 2. The van der Waals surface area contributed by atoms with Crippen LogP contribution in [0.15, 0.2) is 51.8 Å².